The van der Waals surface area contributed by atoms with Crippen LogP contribution in [0.5, 0.6) is 0 Å². The Hall–Kier alpha value is -5.05. The first-order chi connectivity index (χ1) is 21.2. The molecule has 1 N–H and O–H groups in total. The van der Waals surface area contributed by atoms with Gasteiger partial charge < -0.3 is 10.0 Å². The van der Waals surface area contributed by atoms with Crippen LogP contribution in [-0.2, 0) is 0 Å². The fourth-order valence-electron chi connectivity index (χ4n) is 7.74. The Morgan fingerprint density at radius 1 is 0.705 bits per heavy atom. The van der Waals surface area contributed by atoms with Crippen molar-refractivity contribution in [2.24, 2.45) is 0 Å². The van der Waals surface area contributed by atoms with Gasteiger partial charge in [-0.25, -0.2) is 0 Å². The van der Waals surface area contributed by atoms with E-state index >= 15 is 0 Å². The molecule has 218 valence electrons. The molecule has 8 nitrogen and oxygen atoms in total. The fourth-order valence-corrected chi connectivity index (χ4v) is 7.74. The molecule has 0 bridgehead atoms. The van der Waals surface area contributed by atoms with E-state index in [4.69, 9.17) is 0 Å². The summed E-state index contributed by atoms with van der Waals surface area (Å²) in [7, 11) is 0. The van der Waals surface area contributed by atoms with E-state index in [-0.39, 0.29) is 40.2 Å². The molecular formula is C36H30N4O4. The lowest BCUT2D eigenvalue weighted by molar-refractivity contribution is -0.0139. The molecule has 5 aromatic carbocycles. The van der Waals surface area contributed by atoms with E-state index in [0.717, 1.165) is 19.3 Å². The molecule has 0 aromatic heterocycles. The SMILES string of the molecule is CCCC(C)N1C(=O)c2cc(C#N)c3c4ccc5c6c(ccc(c7c(C#N)cc(c2c37)C1=O)c64)C(O)N(C(C)CCC)C5=O. The molecule has 0 saturated heterocycles. The number of hydrogen-bond acceptors (Lipinski definition) is 6. The maximum atomic E-state index is 13.9. The minimum atomic E-state index is -1.16. The molecule has 44 heavy (non-hydrogen) atoms. The van der Waals surface area contributed by atoms with Crippen molar-refractivity contribution in [1.82, 2.24) is 9.80 Å². The van der Waals surface area contributed by atoms with Crippen molar-refractivity contribution in [3.63, 3.8) is 0 Å². The number of fused-ring (bicyclic) bond motifs is 2. The minimum Gasteiger partial charge on any atom is -0.369 e. The molecule has 5 aromatic rings. The monoisotopic (exact) mass is 582 g/mol. The first-order valence-electron chi connectivity index (χ1n) is 15.2. The second-order valence-corrected chi connectivity index (χ2v) is 12.1. The van der Waals surface area contributed by atoms with Crippen molar-refractivity contribution >= 4 is 60.8 Å². The molecule has 0 radical (unpaired) electrons. The van der Waals surface area contributed by atoms with Gasteiger partial charge in [0, 0.05) is 50.1 Å². The van der Waals surface area contributed by atoms with Gasteiger partial charge in [0.15, 0.2) is 6.23 Å². The summed E-state index contributed by atoms with van der Waals surface area (Å²) in [5.41, 5.74) is 2.05. The van der Waals surface area contributed by atoms with Crippen LogP contribution in [0.25, 0.3) is 43.1 Å². The summed E-state index contributed by atoms with van der Waals surface area (Å²) in [6, 6.07) is 14.3. The Balaban J connectivity index is 1.65. The van der Waals surface area contributed by atoms with E-state index in [1.807, 2.05) is 39.8 Å². The molecule has 2 aliphatic heterocycles. The number of nitriles is 2. The van der Waals surface area contributed by atoms with Crippen LogP contribution in [0, 0.1) is 22.7 Å². The Labute approximate surface area is 254 Å². The van der Waals surface area contributed by atoms with Gasteiger partial charge in [-0.2, -0.15) is 10.5 Å². The molecule has 2 heterocycles. The van der Waals surface area contributed by atoms with Crippen LogP contribution in [0.4, 0.5) is 0 Å². The molecule has 3 atom stereocenters. The molecule has 3 amide bonds. The largest absolute Gasteiger partial charge is 0.369 e. The smallest absolute Gasteiger partial charge is 0.261 e. The Morgan fingerprint density at radius 2 is 1.25 bits per heavy atom. The summed E-state index contributed by atoms with van der Waals surface area (Å²) in [4.78, 5) is 44.5. The normalized spacial score (nSPS) is 17.6. The predicted molar refractivity (Wildman–Crippen MR) is 167 cm³/mol. The number of nitrogens with zero attached hydrogens (tertiary/aromatic N) is 4. The van der Waals surface area contributed by atoms with Crippen molar-refractivity contribution in [3.8, 4) is 12.1 Å². The predicted octanol–water partition coefficient (Wildman–Crippen LogP) is 6.90. The molecule has 2 aliphatic rings. The van der Waals surface area contributed by atoms with E-state index < -0.39 is 18.0 Å². The van der Waals surface area contributed by atoms with E-state index in [0.29, 0.717) is 60.6 Å². The van der Waals surface area contributed by atoms with Crippen LogP contribution in [0.2, 0.25) is 0 Å². The number of imide groups is 1. The van der Waals surface area contributed by atoms with Gasteiger partial charge >= 0.3 is 0 Å². The highest BCUT2D eigenvalue weighted by Crippen LogP contribution is 2.49. The van der Waals surface area contributed by atoms with Crippen LogP contribution in [0.1, 0.15) is 107 Å². The van der Waals surface area contributed by atoms with Crippen molar-refractivity contribution in [2.75, 3.05) is 0 Å². The van der Waals surface area contributed by atoms with Crippen LogP contribution >= 0.6 is 0 Å². The van der Waals surface area contributed by atoms with E-state index in [1.165, 1.54) is 9.80 Å². The lowest BCUT2D eigenvalue weighted by Crippen LogP contribution is -2.46. The highest BCUT2D eigenvalue weighted by molar-refractivity contribution is 6.41. The lowest BCUT2D eigenvalue weighted by atomic mass is 9.79. The van der Waals surface area contributed by atoms with E-state index in [1.54, 1.807) is 24.3 Å². The summed E-state index contributed by atoms with van der Waals surface area (Å²) in [5.74, 6) is -1.18. The van der Waals surface area contributed by atoms with Gasteiger partial charge in [-0.3, -0.25) is 19.3 Å². The third kappa shape index (κ3) is 3.38. The molecular weight excluding hydrogens is 552 g/mol. The van der Waals surface area contributed by atoms with Crippen molar-refractivity contribution < 1.29 is 19.5 Å². The summed E-state index contributed by atoms with van der Waals surface area (Å²) in [6.07, 6.45) is 1.84. The zero-order valence-electron chi connectivity index (χ0n) is 25.0. The Kier molecular flexibility index (Phi) is 6.14. The third-order valence-electron chi connectivity index (χ3n) is 9.61. The summed E-state index contributed by atoms with van der Waals surface area (Å²) >= 11 is 0. The number of amides is 3. The molecule has 0 aliphatic carbocycles. The number of aliphatic hydroxyl groups is 1. The highest BCUT2D eigenvalue weighted by atomic mass is 16.3. The number of carbonyl (C=O) groups is 3. The van der Waals surface area contributed by atoms with Gasteiger partial charge in [0.05, 0.1) is 34.4 Å². The minimum absolute atomic E-state index is 0.181. The van der Waals surface area contributed by atoms with Crippen LogP contribution in [-0.4, -0.2) is 44.7 Å². The molecule has 7 rings (SSSR count). The maximum Gasteiger partial charge on any atom is 0.261 e. The number of carbonyl (C=O) groups excluding carboxylic acids is 3. The lowest BCUT2D eigenvalue weighted by Gasteiger charge is -2.38. The summed E-state index contributed by atoms with van der Waals surface area (Å²) in [6.45, 7) is 7.79. The number of hydrogen-bond donors (Lipinski definition) is 1. The zero-order chi connectivity index (χ0) is 31.2. The third-order valence-corrected chi connectivity index (χ3v) is 9.61. The van der Waals surface area contributed by atoms with Crippen LogP contribution < -0.4 is 0 Å². The maximum absolute atomic E-state index is 13.9. The second kappa shape index (κ2) is 9.74. The first-order valence-corrected chi connectivity index (χ1v) is 15.2. The average Bonchev–Trinajstić information content (AvgIpc) is 3.01. The first kappa shape index (κ1) is 27.8. The second-order valence-electron chi connectivity index (χ2n) is 12.1. The van der Waals surface area contributed by atoms with Gasteiger partial charge in [-0.1, -0.05) is 44.9 Å². The van der Waals surface area contributed by atoms with Crippen molar-refractivity contribution in [3.05, 3.63) is 69.8 Å². The summed E-state index contributed by atoms with van der Waals surface area (Å²) < 4.78 is 0. The summed E-state index contributed by atoms with van der Waals surface area (Å²) in [5, 5.41) is 37.0. The molecule has 0 spiro atoms. The fraction of sp³-hybridized carbons (Fsp3) is 0.306. The molecule has 8 heteroatoms. The number of benzene rings is 5. The Bertz CT molecular complexity index is 2120. The van der Waals surface area contributed by atoms with Gasteiger partial charge in [-0.15, -0.1) is 0 Å². The zero-order valence-corrected chi connectivity index (χ0v) is 25.0. The van der Waals surface area contributed by atoms with Gasteiger partial charge in [0.25, 0.3) is 17.7 Å². The average molecular weight is 583 g/mol. The number of rotatable bonds is 6. The molecule has 0 fully saturated rings. The van der Waals surface area contributed by atoms with Crippen molar-refractivity contribution in [1.29, 1.82) is 10.5 Å². The topological polar surface area (TPSA) is 126 Å². The van der Waals surface area contributed by atoms with Gasteiger partial charge in [-0.05, 0) is 61.0 Å². The van der Waals surface area contributed by atoms with Crippen LogP contribution in [0.3, 0.4) is 0 Å². The highest BCUT2D eigenvalue weighted by Gasteiger charge is 2.40. The van der Waals surface area contributed by atoms with Gasteiger partial charge in [0.1, 0.15) is 0 Å². The standard InChI is InChI=1S/C36H30N4O4/c1-5-7-17(3)39-33(41)23-11-9-21-27-19(15-37)13-25-31-26(36(44)40(35(25)43)18(4)8-6-2)14-20(16-38)28(32(27)31)22-10-12-24(34(39)42)30(23)29(21)22/h9-14,17-18,33,41H,5-8H2,1-4H3. The van der Waals surface area contributed by atoms with Crippen molar-refractivity contribution in [2.45, 2.75) is 71.7 Å². The molecule has 3 unspecified atom stereocenters. The van der Waals surface area contributed by atoms with E-state index in [2.05, 4.69) is 12.1 Å². The Morgan fingerprint density at radius 3 is 1.80 bits per heavy atom. The molecule has 0 saturated carbocycles. The number of aliphatic hydroxyl groups excluding tert-OH is 1. The van der Waals surface area contributed by atoms with E-state index in [9.17, 15) is 30.0 Å². The quantitative estimate of drug-likeness (QED) is 0.132. The van der Waals surface area contributed by atoms with Gasteiger partial charge in [0.2, 0.25) is 0 Å². The van der Waals surface area contributed by atoms with Crippen LogP contribution in [0.15, 0.2) is 36.4 Å².